The second-order valence-electron chi connectivity index (χ2n) is 5.40. The van der Waals surface area contributed by atoms with E-state index in [9.17, 15) is 4.39 Å². The van der Waals surface area contributed by atoms with Crippen LogP contribution in [0, 0.1) is 5.82 Å². The zero-order valence-corrected chi connectivity index (χ0v) is 11.8. The molecule has 106 valence electrons. The number of hydrogen-bond donors (Lipinski definition) is 0. The smallest absolute Gasteiger partial charge is 0.140 e. The first-order valence-corrected chi connectivity index (χ1v) is 7.09. The number of halogens is 1. The third-order valence-electron chi connectivity index (χ3n) is 3.94. The van der Waals surface area contributed by atoms with E-state index in [2.05, 4.69) is 19.9 Å². The lowest BCUT2D eigenvalue weighted by Gasteiger charge is -2.30. The molecule has 0 spiro atoms. The van der Waals surface area contributed by atoms with Crippen LogP contribution in [-0.4, -0.2) is 29.3 Å². The second kappa shape index (κ2) is 5.05. The van der Waals surface area contributed by atoms with Gasteiger partial charge in [0.2, 0.25) is 0 Å². The maximum Gasteiger partial charge on any atom is 0.140 e. The molecule has 0 fully saturated rings. The van der Waals surface area contributed by atoms with Gasteiger partial charge in [0.15, 0.2) is 0 Å². The minimum Gasteiger partial charge on any atom is -0.351 e. The van der Waals surface area contributed by atoms with E-state index in [1.54, 1.807) is 12.3 Å². The Bertz CT molecular complexity index is 868. The van der Waals surface area contributed by atoms with Gasteiger partial charge in [0.05, 0.1) is 5.52 Å². The average Bonchev–Trinajstić information content (AvgIpc) is 2.53. The van der Waals surface area contributed by atoms with Crippen molar-refractivity contribution in [2.75, 3.05) is 11.4 Å². The van der Waals surface area contributed by atoms with Gasteiger partial charge in [-0.05, 0) is 23.8 Å². The van der Waals surface area contributed by atoms with E-state index in [0.29, 0.717) is 12.0 Å². The van der Waals surface area contributed by atoms with Gasteiger partial charge in [0.1, 0.15) is 25.8 Å². The standard InChI is InChI=1S/C16H12BFN4/c17-11-5-10-8-22(4-3-14(10)19-7-11)16-13-6-12(18)1-2-15(13)20-9-21-16/h1-2,5-7,9H,3-4,8H2. The van der Waals surface area contributed by atoms with Gasteiger partial charge in [0.25, 0.3) is 0 Å². The summed E-state index contributed by atoms with van der Waals surface area (Å²) in [5, 5.41) is 0.725. The Morgan fingerprint density at radius 3 is 2.95 bits per heavy atom. The Labute approximate surface area is 128 Å². The summed E-state index contributed by atoms with van der Waals surface area (Å²) < 4.78 is 13.6. The number of nitrogens with zero attached hydrogens (tertiary/aromatic N) is 4. The SMILES string of the molecule is [B]c1cnc2c(c1)CN(c1ncnc3ccc(F)cc13)CC2. The molecule has 0 saturated carbocycles. The number of fused-ring (bicyclic) bond motifs is 2. The van der Waals surface area contributed by atoms with Crippen molar-refractivity contribution in [3.63, 3.8) is 0 Å². The molecule has 0 aliphatic carbocycles. The van der Waals surface area contributed by atoms with Crippen LogP contribution in [0.1, 0.15) is 11.3 Å². The Morgan fingerprint density at radius 1 is 1.14 bits per heavy atom. The van der Waals surface area contributed by atoms with Crippen molar-refractivity contribution in [2.24, 2.45) is 0 Å². The highest BCUT2D eigenvalue weighted by Gasteiger charge is 2.20. The number of hydrogen-bond acceptors (Lipinski definition) is 4. The van der Waals surface area contributed by atoms with Crippen molar-refractivity contribution >= 4 is 30.0 Å². The molecule has 2 radical (unpaired) electrons. The lowest BCUT2D eigenvalue weighted by molar-refractivity contribution is 0.629. The van der Waals surface area contributed by atoms with Crippen LogP contribution in [-0.2, 0) is 13.0 Å². The van der Waals surface area contributed by atoms with Crippen molar-refractivity contribution in [3.05, 3.63) is 53.9 Å². The Balaban J connectivity index is 1.79. The third kappa shape index (κ3) is 2.20. The molecule has 4 rings (SSSR count). The molecule has 1 aliphatic rings. The second-order valence-corrected chi connectivity index (χ2v) is 5.40. The highest BCUT2D eigenvalue weighted by atomic mass is 19.1. The molecular weight excluding hydrogens is 278 g/mol. The van der Waals surface area contributed by atoms with Crippen LogP contribution in [0.2, 0.25) is 0 Å². The molecule has 3 heterocycles. The van der Waals surface area contributed by atoms with E-state index in [1.165, 1.54) is 18.5 Å². The first kappa shape index (κ1) is 13.2. The van der Waals surface area contributed by atoms with E-state index < -0.39 is 0 Å². The van der Waals surface area contributed by atoms with Gasteiger partial charge in [-0.1, -0.05) is 11.5 Å². The van der Waals surface area contributed by atoms with Crippen molar-refractivity contribution in [2.45, 2.75) is 13.0 Å². The minimum atomic E-state index is -0.285. The number of benzene rings is 1. The van der Waals surface area contributed by atoms with Crippen LogP contribution < -0.4 is 10.4 Å². The quantitative estimate of drug-likeness (QED) is 0.637. The van der Waals surface area contributed by atoms with Gasteiger partial charge in [-0.25, -0.2) is 14.4 Å². The van der Waals surface area contributed by atoms with Gasteiger partial charge in [-0.15, -0.1) is 0 Å². The van der Waals surface area contributed by atoms with Crippen molar-refractivity contribution in [1.82, 2.24) is 15.0 Å². The van der Waals surface area contributed by atoms with Gasteiger partial charge in [-0.2, -0.15) is 0 Å². The largest absolute Gasteiger partial charge is 0.351 e. The summed E-state index contributed by atoms with van der Waals surface area (Å²) in [4.78, 5) is 15.1. The van der Waals surface area contributed by atoms with Crippen LogP contribution in [0.25, 0.3) is 10.9 Å². The fourth-order valence-corrected chi connectivity index (χ4v) is 2.89. The normalized spacial score (nSPS) is 14.1. The van der Waals surface area contributed by atoms with Crippen LogP contribution >= 0.6 is 0 Å². The van der Waals surface area contributed by atoms with Crippen LogP contribution in [0.4, 0.5) is 10.2 Å². The Morgan fingerprint density at radius 2 is 2.05 bits per heavy atom. The Hall–Kier alpha value is -2.50. The van der Waals surface area contributed by atoms with E-state index >= 15 is 0 Å². The molecule has 1 aliphatic heterocycles. The maximum atomic E-state index is 13.6. The first-order chi connectivity index (χ1) is 10.7. The molecule has 0 N–H and O–H groups in total. The summed E-state index contributed by atoms with van der Waals surface area (Å²) in [6.07, 6.45) is 4.02. The summed E-state index contributed by atoms with van der Waals surface area (Å²) in [6.45, 7) is 1.45. The zero-order chi connectivity index (χ0) is 15.1. The minimum absolute atomic E-state index is 0.285. The highest BCUT2D eigenvalue weighted by molar-refractivity contribution is 6.32. The molecule has 4 nitrogen and oxygen atoms in total. The molecule has 0 amide bonds. The van der Waals surface area contributed by atoms with Crippen molar-refractivity contribution in [3.8, 4) is 0 Å². The summed E-state index contributed by atoms with van der Waals surface area (Å²) in [7, 11) is 5.82. The van der Waals surface area contributed by atoms with E-state index in [1.807, 2.05) is 6.07 Å². The first-order valence-electron chi connectivity index (χ1n) is 7.09. The summed E-state index contributed by atoms with van der Waals surface area (Å²) in [6, 6.07) is 6.51. The lowest BCUT2D eigenvalue weighted by atomic mass is 9.94. The van der Waals surface area contributed by atoms with Crippen molar-refractivity contribution in [1.29, 1.82) is 0 Å². The summed E-state index contributed by atoms with van der Waals surface area (Å²) in [5.41, 5.74) is 3.55. The average molecular weight is 290 g/mol. The topological polar surface area (TPSA) is 41.9 Å². The van der Waals surface area contributed by atoms with Gasteiger partial charge in [0, 0.05) is 36.8 Å². The summed E-state index contributed by atoms with van der Waals surface area (Å²) in [5.74, 6) is 0.462. The lowest BCUT2D eigenvalue weighted by Crippen LogP contribution is -2.32. The van der Waals surface area contributed by atoms with E-state index in [4.69, 9.17) is 7.85 Å². The maximum absolute atomic E-state index is 13.6. The molecule has 6 heteroatoms. The molecule has 2 aromatic heterocycles. The number of aromatic nitrogens is 3. The van der Waals surface area contributed by atoms with E-state index in [0.717, 1.165) is 40.9 Å². The van der Waals surface area contributed by atoms with Crippen LogP contribution in [0.3, 0.4) is 0 Å². The molecule has 1 aromatic carbocycles. The molecule has 22 heavy (non-hydrogen) atoms. The van der Waals surface area contributed by atoms with Crippen LogP contribution in [0.15, 0.2) is 36.8 Å². The van der Waals surface area contributed by atoms with Crippen molar-refractivity contribution < 1.29 is 4.39 Å². The highest BCUT2D eigenvalue weighted by Crippen LogP contribution is 2.27. The molecule has 3 aromatic rings. The predicted octanol–water partition coefficient (Wildman–Crippen LogP) is 1.52. The van der Waals surface area contributed by atoms with Gasteiger partial charge in [-0.3, -0.25) is 4.98 Å². The number of rotatable bonds is 1. The zero-order valence-electron chi connectivity index (χ0n) is 11.8. The molecule has 0 saturated heterocycles. The number of anilines is 1. The molecule has 0 atom stereocenters. The van der Waals surface area contributed by atoms with Gasteiger partial charge >= 0.3 is 0 Å². The summed E-state index contributed by atoms with van der Waals surface area (Å²) >= 11 is 0. The third-order valence-corrected chi connectivity index (χ3v) is 3.94. The fraction of sp³-hybridized carbons (Fsp3) is 0.188. The molecular formula is C16H12BFN4. The molecule has 0 bridgehead atoms. The predicted molar refractivity (Wildman–Crippen MR) is 83.9 cm³/mol. The monoisotopic (exact) mass is 290 g/mol. The number of pyridine rings is 1. The van der Waals surface area contributed by atoms with E-state index in [-0.39, 0.29) is 5.82 Å². The Kier molecular flexibility index (Phi) is 3.03. The fourth-order valence-electron chi connectivity index (χ4n) is 2.89. The van der Waals surface area contributed by atoms with Gasteiger partial charge < -0.3 is 4.90 Å². The van der Waals surface area contributed by atoms with Crippen LogP contribution in [0.5, 0.6) is 0 Å². The molecule has 0 unspecified atom stereocenters.